The molecule has 0 heterocycles. The molecule has 5 heteroatoms. The van der Waals surface area contributed by atoms with E-state index in [-0.39, 0.29) is 24.3 Å². The normalized spacial score (nSPS) is 10.7. The van der Waals surface area contributed by atoms with E-state index in [1.807, 2.05) is 0 Å². The van der Waals surface area contributed by atoms with E-state index < -0.39 is 0 Å². The van der Waals surface area contributed by atoms with Gasteiger partial charge >= 0.3 is 0 Å². The summed E-state index contributed by atoms with van der Waals surface area (Å²) < 4.78 is 0. The Kier molecular flexibility index (Phi) is 13.1. The molecule has 0 bridgehead atoms. The van der Waals surface area contributed by atoms with Crippen molar-refractivity contribution in [2.24, 2.45) is 11.7 Å². The second-order valence-corrected chi connectivity index (χ2v) is 5.54. The second-order valence-electron chi connectivity index (χ2n) is 5.54. The number of rotatable bonds is 13. The first-order valence-corrected chi connectivity index (χ1v) is 8.40. The molecule has 0 atom stereocenters. The van der Waals surface area contributed by atoms with Crippen molar-refractivity contribution in [3.05, 3.63) is 0 Å². The number of unbranched alkanes of at least 4 members (excludes halogenated alkanes) is 3. The summed E-state index contributed by atoms with van der Waals surface area (Å²) in [4.78, 5) is 23.6. The average Bonchev–Trinajstić information content (AvgIpc) is 2.48. The van der Waals surface area contributed by atoms with E-state index >= 15 is 0 Å². The molecule has 0 rings (SSSR count). The van der Waals surface area contributed by atoms with Crippen molar-refractivity contribution in [3.63, 3.8) is 0 Å². The highest BCUT2D eigenvalue weighted by molar-refractivity contribution is 5.85. The third kappa shape index (κ3) is 11.3. The van der Waals surface area contributed by atoms with Crippen LogP contribution in [0.2, 0.25) is 0 Å². The smallest absolute Gasteiger partial charge is 0.239 e. The van der Waals surface area contributed by atoms with Crippen molar-refractivity contribution < 1.29 is 9.59 Å². The first-order chi connectivity index (χ1) is 10.2. The molecular formula is C16H33N3O2. The quantitative estimate of drug-likeness (QED) is 0.454. The van der Waals surface area contributed by atoms with Crippen molar-refractivity contribution in [3.8, 4) is 0 Å². The van der Waals surface area contributed by atoms with Gasteiger partial charge in [-0.15, -0.1) is 0 Å². The SMILES string of the molecule is CCCC(CCC)C(=O)NCC(=O)NCCCCCCN. The molecule has 4 N–H and O–H groups in total. The van der Waals surface area contributed by atoms with Crippen LogP contribution in [0.15, 0.2) is 0 Å². The predicted molar refractivity (Wildman–Crippen MR) is 86.8 cm³/mol. The van der Waals surface area contributed by atoms with Crippen LogP contribution in [0.5, 0.6) is 0 Å². The summed E-state index contributed by atoms with van der Waals surface area (Å²) in [6.45, 7) is 5.65. The van der Waals surface area contributed by atoms with Crippen LogP contribution < -0.4 is 16.4 Å². The number of nitrogens with two attached hydrogens (primary N) is 1. The fourth-order valence-corrected chi connectivity index (χ4v) is 2.33. The monoisotopic (exact) mass is 299 g/mol. The average molecular weight is 299 g/mol. The lowest BCUT2D eigenvalue weighted by molar-refractivity contribution is -0.128. The fraction of sp³-hybridized carbons (Fsp3) is 0.875. The maximum Gasteiger partial charge on any atom is 0.239 e. The standard InChI is InChI=1S/C16H33N3O2/c1-3-9-14(10-4-2)16(21)19-13-15(20)18-12-8-6-5-7-11-17/h14H,3-13,17H2,1-2H3,(H,18,20)(H,19,21). The molecular weight excluding hydrogens is 266 g/mol. The van der Waals surface area contributed by atoms with E-state index in [2.05, 4.69) is 24.5 Å². The summed E-state index contributed by atoms with van der Waals surface area (Å²) in [5.41, 5.74) is 5.42. The Hall–Kier alpha value is -1.10. The number of carbonyl (C=O) groups excluding carboxylic acids is 2. The van der Waals surface area contributed by atoms with Gasteiger partial charge < -0.3 is 16.4 Å². The van der Waals surface area contributed by atoms with Crippen LogP contribution in [-0.2, 0) is 9.59 Å². The highest BCUT2D eigenvalue weighted by atomic mass is 16.2. The van der Waals surface area contributed by atoms with Crippen molar-refractivity contribution in [1.82, 2.24) is 10.6 Å². The molecule has 0 radical (unpaired) electrons. The molecule has 124 valence electrons. The zero-order valence-electron chi connectivity index (χ0n) is 13.7. The van der Waals surface area contributed by atoms with E-state index in [0.717, 1.165) is 57.9 Å². The number of carbonyl (C=O) groups is 2. The summed E-state index contributed by atoms with van der Waals surface area (Å²) in [7, 11) is 0. The van der Waals surface area contributed by atoms with Crippen molar-refractivity contribution in [2.45, 2.75) is 65.2 Å². The minimum atomic E-state index is -0.103. The van der Waals surface area contributed by atoms with Gasteiger partial charge in [0, 0.05) is 12.5 Å². The predicted octanol–water partition coefficient (Wildman–Crippen LogP) is 1.95. The minimum Gasteiger partial charge on any atom is -0.355 e. The molecule has 0 unspecified atom stereocenters. The molecule has 0 saturated carbocycles. The first kappa shape index (κ1) is 19.9. The zero-order valence-corrected chi connectivity index (χ0v) is 13.7. The molecule has 0 aliphatic rings. The second kappa shape index (κ2) is 13.9. The van der Waals surface area contributed by atoms with Gasteiger partial charge in [0.15, 0.2) is 0 Å². The maximum absolute atomic E-state index is 12.0. The van der Waals surface area contributed by atoms with Gasteiger partial charge in [0.25, 0.3) is 0 Å². The summed E-state index contributed by atoms with van der Waals surface area (Å²) in [5, 5.41) is 5.58. The van der Waals surface area contributed by atoms with Crippen LogP contribution in [0.4, 0.5) is 0 Å². The van der Waals surface area contributed by atoms with Gasteiger partial charge in [-0.3, -0.25) is 9.59 Å². The van der Waals surface area contributed by atoms with Crippen molar-refractivity contribution >= 4 is 11.8 Å². The van der Waals surface area contributed by atoms with E-state index in [4.69, 9.17) is 5.73 Å². The summed E-state index contributed by atoms with van der Waals surface area (Å²) in [6, 6.07) is 0. The minimum absolute atomic E-state index is 0.0109. The molecule has 0 aliphatic heterocycles. The fourth-order valence-electron chi connectivity index (χ4n) is 2.33. The van der Waals surface area contributed by atoms with E-state index in [9.17, 15) is 9.59 Å². The largest absolute Gasteiger partial charge is 0.355 e. The molecule has 0 saturated heterocycles. The molecule has 0 spiro atoms. The number of amides is 2. The van der Waals surface area contributed by atoms with Gasteiger partial charge in [0.1, 0.15) is 0 Å². The molecule has 0 aromatic carbocycles. The van der Waals surface area contributed by atoms with Crippen molar-refractivity contribution in [1.29, 1.82) is 0 Å². The van der Waals surface area contributed by atoms with Gasteiger partial charge in [0.2, 0.25) is 11.8 Å². The van der Waals surface area contributed by atoms with Gasteiger partial charge in [0.05, 0.1) is 6.54 Å². The zero-order chi connectivity index (χ0) is 15.9. The Bertz CT molecular complexity index is 277. The first-order valence-electron chi connectivity index (χ1n) is 8.40. The topological polar surface area (TPSA) is 84.2 Å². The number of hydrogen-bond acceptors (Lipinski definition) is 3. The highest BCUT2D eigenvalue weighted by Crippen LogP contribution is 2.13. The van der Waals surface area contributed by atoms with Gasteiger partial charge in [-0.25, -0.2) is 0 Å². The van der Waals surface area contributed by atoms with Crippen LogP contribution in [-0.4, -0.2) is 31.4 Å². The number of hydrogen-bond donors (Lipinski definition) is 3. The van der Waals surface area contributed by atoms with E-state index in [0.29, 0.717) is 6.54 Å². The molecule has 5 nitrogen and oxygen atoms in total. The van der Waals surface area contributed by atoms with Gasteiger partial charge in [-0.1, -0.05) is 39.5 Å². The van der Waals surface area contributed by atoms with Crippen LogP contribution >= 0.6 is 0 Å². The third-order valence-corrected chi connectivity index (χ3v) is 3.52. The molecule has 2 amide bonds. The summed E-state index contributed by atoms with van der Waals surface area (Å²) in [6.07, 6.45) is 7.97. The Morgan fingerprint density at radius 3 is 2.14 bits per heavy atom. The van der Waals surface area contributed by atoms with Crippen LogP contribution in [0.1, 0.15) is 65.2 Å². The Balaban J connectivity index is 3.72. The molecule has 0 aromatic heterocycles. The Labute approximate surface area is 129 Å². The van der Waals surface area contributed by atoms with E-state index in [1.54, 1.807) is 0 Å². The molecule has 0 aromatic rings. The van der Waals surface area contributed by atoms with Gasteiger partial charge in [-0.2, -0.15) is 0 Å². The molecule has 0 aliphatic carbocycles. The van der Waals surface area contributed by atoms with Gasteiger partial charge in [-0.05, 0) is 32.2 Å². The lowest BCUT2D eigenvalue weighted by Crippen LogP contribution is -2.39. The Morgan fingerprint density at radius 2 is 1.57 bits per heavy atom. The molecule has 0 fully saturated rings. The van der Waals surface area contributed by atoms with Crippen LogP contribution in [0.3, 0.4) is 0 Å². The molecule has 21 heavy (non-hydrogen) atoms. The highest BCUT2D eigenvalue weighted by Gasteiger charge is 2.16. The lowest BCUT2D eigenvalue weighted by atomic mass is 9.97. The maximum atomic E-state index is 12.0. The number of nitrogens with one attached hydrogen (secondary N) is 2. The summed E-state index contributed by atoms with van der Waals surface area (Å²) >= 11 is 0. The van der Waals surface area contributed by atoms with Crippen molar-refractivity contribution in [2.75, 3.05) is 19.6 Å². The Morgan fingerprint density at radius 1 is 0.952 bits per heavy atom. The van der Waals surface area contributed by atoms with Crippen LogP contribution in [0, 0.1) is 5.92 Å². The van der Waals surface area contributed by atoms with E-state index in [1.165, 1.54) is 0 Å². The summed E-state index contributed by atoms with van der Waals surface area (Å²) in [5.74, 6) is -0.0465. The van der Waals surface area contributed by atoms with Crippen LogP contribution in [0.25, 0.3) is 0 Å². The lowest BCUT2D eigenvalue weighted by Gasteiger charge is -2.15. The third-order valence-electron chi connectivity index (χ3n) is 3.52.